The van der Waals surface area contributed by atoms with Crippen LogP contribution >= 0.6 is 0 Å². The zero-order valence-corrected chi connectivity index (χ0v) is 12.0. The Hall–Kier alpha value is -0.0400. The lowest BCUT2D eigenvalue weighted by molar-refractivity contribution is -0.147. The Morgan fingerprint density at radius 3 is 2.41 bits per heavy atom. The molecule has 0 N–H and O–H groups in total. The van der Waals surface area contributed by atoms with Gasteiger partial charge in [-0.15, -0.1) is 0 Å². The first kappa shape index (κ1) is 12.0. The van der Waals surface area contributed by atoms with E-state index < -0.39 is 0 Å². The lowest BCUT2D eigenvalue weighted by Gasteiger charge is -2.60. The summed E-state index contributed by atoms with van der Waals surface area (Å²) in [4.78, 5) is 0. The molecule has 1 saturated heterocycles. The first-order valence-corrected chi connectivity index (χ1v) is 7.52. The summed E-state index contributed by atoms with van der Waals surface area (Å²) < 4.78 is 6.13. The van der Waals surface area contributed by atoms with Gasteiger partial charge in [0.2, 0.25) is 0 Å². The van der Waals surface area contributed by atoms with Crippen LogP contribution in [0.15, 0.2) is 0 Å². The van der Waals surface area contributed by atoms with Gasteiger partial charge in [-0.3, -0.25) is 0 Å². The predicted octanol–water partition coefficient (Wildman–Crippen LogP) is 4.41. The number of hydrogen-bond acceptors (Lipinski definition) is 1. The third-order valence-electron chi connectivity index (χ3n) is 6.58. The summed E-state index contributed by atoms with van der Waals surface area (Å²) >= 11 is 0. The molecule has 2 saturated carbocycles. The van der Waals surface area contributed by atoms with Crippen molar-refractivity contribution in [2.24, 2.45) is 22.7 Å². The monoisotopic (exact) mass is 236 g/mol. The molecule has 1 nitrogen and oxygen atoms in total. The van der Waals surface area contributed by atoms with Crippen LogP contribution in [0.3, 0.4) is 0 Å². The van der Waals surface area contributed by atoms with Gasteiger partial charge in [-0.05, 0) is 61.7 Å². The van der Waals surface area contributed by atoms with Gasteiger partial charge in [0.05, 0.1) is 5.60 Å². The van der Waals surface area contributed by atoms with Gasteiger partial charge in [-0.1, -0.05) is 27.2 Å². The maximum Gasteiger partial charge on any atom is 0.0688 e. The molecule has 4 atom stereocenters. The van der Waals surface area contributed by atoms with Gasteiger partial charge in [-0.2, -0.15) is 0 Å². The van der Waals surface area contributed by atoms with Crippen molar-refractivity contribution >= 4 is 0 Å². The highest BCUT2D eigenvalue weighted by Gasteiger charge is 2.60. The third-order valence-corrected chi connectivity index (χ3v) is 6.58. The van der Waals surface area contributed by atoms with E-state index in [4.69, 9.17) is 4.74 Å². The van der Waals surface area contributed by atoms with Gasteiger partial charge >= 0.3 is 0 Å². The molecule has 17 heavy (non-hydrogen) atoms. The molecular formula is C16H28O. The molecule has 0 bridgehead atoms. The smallest absolute Gasteiger partial charge is 0.0688 e. The zero-order chi connectivity index (χ0) is 12.3. The third kappa shape index (κ3) is 1.54. The Labute approximate surface area is 106 Å². The summed E-state index contributed by atoms with van der Waals surface area (Å²) in [5.74, 6) is 1.73. The quantitative estimate of drug-likeness (QED) is 0.605. The second-order valence-electron chi connectivity index (χ2n) is 7.94. The van der Waals surface area contributed by atoms with Crippen molar-refractivity contribution < 1.29 is 4.74 Å². The zero-order valence-electron chi connectivity index (χ0n) is 12.0. The topological polar surface area (TPSA) is 9.23 Å². The van der Waals surface area contributed by atoms with Crippen LogP contribution in [0.4, 0.5) is 0 Å². The molecule has 1 heteroatoms. The molecule has 0 spiro atoms. The van der Waals surface area contributed by atoms with Gasteiger partial charge in [0.15, 0.2) is 0 Å². The summed E-state index contributed by atoms with van der Waals surface area (Å²) in [5.41, 5.74) is 1.31. The van der Waals surface area contributed by atoms with E-state index in [1.807, 2.05) is 0 Å². The van der Waals surface area contributed by atoms with E-state index in [9.17, 15) is 0 Å². The SMILES string of the molecule is CC1(C)CCCC2(C)C1CC[C@@]1(C)OCC[C@H]21. The number of rotatable bonds is 0. The van der Waals surface area contributed by atoms with Crippen LogP contribution in [0.25, 0.3) is 0 Å². The lowest BCUT2D eigenvalue weighted by atomic mass is 9.46. The molecule has 3 aliphatic rings. The summed E-state index contributed by atoms with van der Waals surface area (Å²) in [7, 11) is 0. The Morgan fingerprint density at radius 1 is 0.882 bits per heavy atom. The molecule has 3 rings (SSSR count). The van der Waals surface area contributed by atoms with E-state index in [0.29, 0.717) is 10.8 Å². The van der Waals surface area contributed by atoms with Crippen molar-refractivity contribution in [3.63, 3.8) is 0 Å². The molecule has 1 heterocycles. The van der Waals surface area contributed by atoms with Crippen LogP contribution in [0.1, 0.15) is 66.2 Å². The van der Waals surface area contributed by atoms with Crippen molar-refractivity contribution in [2.75, 3.05) is 6.61 Å². The molecule has 0 aromatic heterocycles. The second kappa shape index (κ2) is 3.50. The standard InChI is InChI=1S/C16H28O/c1-14(2)8-5-9-15(3)12(14)6-10-16(4)13(15)7-11-17-16/h12-13H,5-11H2,1-4H3/t12?,13-,15?,16-/m1/s1. The predicted molar refractivity (Wildman–Crippen MR) is 70.9 cm³/mol. The molecule has 98 valence electrons. The van der Waals surface area contributed by atoms with E-state index in [0.717, 1.165) is 18.4 Å². The fraction of sp³-hybridized carbons (Fsp3) is 1.00. The highest BCUT2D eigenvalue weighted by atomic mass is 16.5. The molecular weight excluding hydrogens is 208 g/mol. The minimum atomic E-state index is 0.207. The fourth-order valence-electron chi connectivity index (χ4n) is 5.82. The number of hydrogen-bond donors (Lipinski definition) is 0. The van der Waals surface area contributed by atoms with E-state index >= 15 is 0 Å². The van der Waals surface area contributed by atoms with E-state index in [1.165, 1.54) is 38.5 Å². The van der Waals surface area contributed by atoms with Crippen molar-refractivity contribution in [1.82, 2.24) is 0 Å². The minimum absolute atomic E-state index is 0.207. The molecule has 0 aromatic rings. The van der Waals surface area contributed by atoms with Crippen LogP contribution in [-0.2, 0) is 4.74 Å². The Balaban J connectivity index is 1.98. The largest absolute Gasteiger partial charge is 0.375 e. The number of ether oxygens (including phenoxy) is 1. The molecule has 2 aliphatic carbocycles. The van der Waals surface area contributed by atoms with E-state index in [2.05, 4.69) is 27.7 Å². The lowest BCUT2D eigenvalue weighted by Crippen LogP contribution is -2.55. The van der Waals surface area contributed by atoms with Crippen molar-refractivity contribution in [3.8, 4) is 0 Å². The van der Waals surface area contributed by atoms with Gasteiger partial charge < -0.3 is 4.74 Å². The first-order valence-electron chi connectivity index (χ1n) is 7.52. The second-order valence-corrected chi connectivity index (χ2v) is 7.94. The van der Waals surface area contributed by atoms with Crippen LogP contribution in [-0.4, -0.2) is 12.2 Å². The van der Waals surface area contributed by atoms with E-state index in [1.54, 1.807) is 0 Å². The van der Waals surface area contributed by atoms with Crippen molar-refractivity contribution in [1.29, 1.82) is 0 Å². The van der Waals surface area contributed by atoms with Gasteiger partial charge in [0, 0.05) is 6.61 Å². The Bertz CT molecular complexity index is 317. The molecule has 2 unspecified atom stereocenters. The first-order chi connectivity index (χ1) is 7.89. The fourth-order valence-corrected chi connectivity index (χ4v) is 5.82. The van der Waals surface area contributed by atoms with Crippen LogP contribution in [0.2, 0.25) is 0 Å². The molecule has 0 radical (unpaired) electrons. The minimum Gasteiger partial charge on any atom is -0.375 e. The van der Waals surface area contributed by atoms with Crippen molar-refractivity contribution in [3.05, 3.63) is 0 Å². The summed E-state index contributed by atoms with van der Waals surface area (Å²) in [6.45, 7) is 11.0. The Kier molecular flexibility index (Phi) is 2.47. The number of fused-ring (bicyclic) bond motifs is 3. The average Bonchev–Trinajstić information content (AvgIpc) is 2.60. The van der Waals surface area contributed by atoms with Gasteiger partial charge in [-0.25, -0.2) is 0 Å². The Morgan fingerprint density at radius 2 is 1.65 bits per heavy atom. The van der Waals surface area contributed by atoms with Gasteiger partial charge in [0.25, 0.3) is 0 Å². The van der Waals surface area contributed by atoms with Crippen LogP contribution in [0, 0.1) is 22.7 Å². The highest BCUT2D eigenvalue weighted by molar-refractivity contribution is 5.09. The van der Waals surface area contributed by atoms with Gasteiger partial charge in [0.1, 0.15) is 0 Å². The van der Waals surface area contributed by atoms with E-state index in [-0.39, 0.29) is 5.60 Å². The van der Waals surface area contributed by atoms with Crippen LogP contribution < -0.4 is 0 Å². The molecule has 1 aliphatic heterocycles. The maximum atomic E-state index is 6.13. The molecule has 3 fully saturated rings. The normalized spacial score (nSPS) is 52.9. The molecule has 0 aromatic carbocycles. The summed E-state index contributed by atoms with van der Waals surface area (Å²) in [5, 5.41) is 0. The van der Waals surface area contributed by atoms with Crippen molar-refractivity contribution in [2.45, 2.75) is 71.8 Å². The van der Waals surface area contributed by atoms with Crippen LogP contribution in [0.5, 0.6) is 0 Å². The highest BCUT2D eigenvalue weighted by Crippen LogP contribution is 2.64. The maximum absolute atomic E-state index is 6.13. The molecule has 0 amide bonds. The summed E-state index contributed by atoms with van der Waals surface area (Å²) in [6, 6.07) is 0. The average molecular weight is 236 g/mol. The summed E-state index contributed by atoms with van der Waals surface area (Å²) in [6.07, 6.45) is 8.27.